The molecule has 0 radical (unpaired) electrons. The van der Waals surface area contributed by atoms with Crippen LogP contribution >= 0.6 is 0 Å². The Morgan fingerprint density at radius 1 is 1.17 bits per heavy atom. The van der Waals surface area contributed by atoms with Gasteiger partial charge in [0.2, 0.25) is 0 Å². The van der Waals surface area contributed by atoms with Crippen molar-refractivity contribution >= 4 is 11.6 Å². The Morgan fingerprint density at radius 3 is 2.57 bits per heavy atom. The van der Waals surface area contributed by atoms with Crippen molar-refractivity contribution in [2.75, 3.05) is 31.2 Å². The predicted octanol–water partition coefficient (Wildman–Crippen LogP) is 2.41. The topological polar surface area (TPSA) is 54.5 Å². The lowest BCUT2D eigenvalue weighted by atomic mass is 10.1. The highest BCUT2D eigenvalue weighted by atomic mass is 16.5. The van der Waals surface area contributed by atoms with E-state index >= 15 is 0 Å². The molecule has 5 nitrogen and oxygen atoms in total. The zero-order valence-corrected chi connectivity index (χ0v) is 13.2. The lowest BCUT2D eigenvalue weighted by molar-refractivity contribution is 0.0934. The van der Waals surface area contributed by atoms with Crippen LogP contribution < -0.4 is 10.2 Å². The first kappa shape index (κ1) is 15.5. The largest absolute Gasteiger partial charge is 0.378 e. The molecule has 1 aromatic heterocycles. The molecule has 1 aliphatic heterocycles. The minimum Gasteiger partial charge on any atom is -0.378 e. The minimum atomic E-state index is -0.158. The van der Waals surface area contributed by atoms with Gasteiger partial charge in [-0.2, -0.15) is 0 Å². The van der Waals surface area contributed by atoms with Crippen LogP contribution in [0.25, 0.3) is 0 Å². The van der Waals surface area contributed by atoms with Gasteiger partial charge in [0.25, 0.3) is 5.91 Å². The summed E-state index contributed by atoms with van der Waals surface area (Å²) in [7, 11) is 0. The number of carbonyl (C=O) groups is 1. The van der Waals surface area contributed by atoms with Crippen LogP contribution in [-0.4, -0.2) is 37.2 Å². The molecule has 0 spiro atoms. The minimum absolute atomic E-state index is 0.0515. The van der Waals surface area contributed by atoms with Gasteiger partial charge in [-0.3, -0.25) is 4.79 Å². The molecule has 120 valence electrons. The Morgan fingerprint density at radius 2 is 1.91 bits per heavy atom. The zero-order chi connectivity index (χ0) is 16.1. The fraction of sp³-hybridized carbons (Fsp3) is 0.333. The van der Waals surface area contributed by atoms with Gasteiger partial charge >= 0.3 is 0 Å². The summed E-state index contributed by atoms with van der Waals surface area (Å²) in [4.78, 5) is 18.8. The van der Waals surface area contributed by atoms with Gasteiger partial charge in [0.05, 0.1) is 31.1 Å². The number of pyridine rings is 1. The van der Waals surface area contributed by atoms with E-state index < -0.39 is 0 Å². The Balaban J connectivity index is 1.63. The van der Waals surface area contributed by atoms with Crippen LogP contribution in [0.4, 0.5) is 5.69 Å². The lowest BCUT2D eigenvalue weighted by Gasteiger charge is -2.28. The van der Waals surface area contributed by atoms with Crippen LogP contribution in [0.5, 0.6) is 0 Å². The first-order valence-corrected chi connectivity index (χ1v) is 7.88. The summed E-state index contributed by atoms with van der Waals surface area (Å²) in [5, 5.41) is 2.98. The molecule has 1 saturated heterocycles. The molecule has 1 amide bonds. The van der Waals surface area contributed by atoms with E-state index in [0.717, 1.165) is 37.6 Å². The van der Waals surface area contributed by atoms with E-state index in [1.807, 2.05) is 43.3 Å². The van der Waals surface area contributed by atoms with Crippen LogP contribution in [0.3, 0.4) is 0 Å². The molecule has 0 bridgehead atoms. The molecule has 0 saturated carbocycles. The second kappa shape index (κ2) is 7.24. The molecule has 5 heteroatoms. The maximum absolute atomic E-state index is 12.3. The van der Waals surface area contributed by atoms with Gasteiger partial charge in [0.15, 0.2) is 0 Å². The highest BCUT2D eigenvalue weighted by Crippen LogP contribution is 2.16. The monoisotopic (exact) mass is 311 g/mol. The highest BCUT2D eigenvalue weighted by molar-refractivity contribution is 5.92. The number of hydrogen-bond acceptors (Lipinski definition) is 4. The van der Waals surface area contributed by atoms with E-state index in [9.17, 15) is 4.79 Å². The highest BCUT2D eigenvalue weighted by Gasteiger charge is 2.15. The van der Waals surface area contributed by atoms with Crippen LogP contribution in [0.1, 0.15) is 29.0 Å². The number of morpholine rings is 1. The van der Waals surface area contributed by atoms with Crippen molar-refractivity contribution in [2.45, 2.75) is 13.0 Å². The quantitative estimate of drug-likeness (QED) is 0.942. The SMILES string of the molecule is CC(NC(=O)c1ccc(N2CCOCC2)cn1)c1ccccc1. The van der Waals surface area contributed by atoms with Crippen molar-refractivity contribution in [3.63, 3.8) is 0 Å². The number of anilines is 1. The number of nitrogens with zero attached hydrogens (tertiary/aromatic N) is 2. The fourth-order valence-electron chi connectivity index (χ4n) is 2.62. The van der Waals surface area contributed by atoms with Gasteiger partial charge in [-0.05, 0) is 24.6 Å². The second-order valence-electron chi connectivity index (χ2n) is 5.61. The van der Waals surface area contributed by atoms with E-state index in [1.165, 1.54) is 0 Å². The Kier molecular flexibility index (Phi) is 4.88. The molecular formula is C18H21N3O2. The van der Waals surface area contributed by atoms with Gasteiger partial charge in [-0.1, -0.05) is 30.3 Å². The molecule has 1 unspecified atom stereocenters. The van der Waals surface area contributed by atoms with Gasteiger partial charge in [-0.15, -0.1) is 0 Å². The summed E-state index contributed by atoms with van der Waals surface area (Å²) in [5.41, 5.74) is 2.54. The number of aromatic nitrogens is 1. The molecule has 1 fully saturated rings. The number of carbonyl (C=O) groups excluding carboxylic acids is 1. The average molecular weight is 311 g/mol. The fourth-order valence-corrected chi connectivity index (χ4v) is 2.62. The van der Waals surface area contributed by atoms with Crippen LogP contribution in [0.15, 0.2) is 48.7 Å². The summed E-state index contributed by atoms with van der Waals surface area (Å²) in [6.07, 6.45) is 1.76. The predicted molar refractivity (Wildman–Crippen MR) is 89.6 cm³/mol. The normalized spacial score (nSPS) is 16.0. The van der Waals surface area contributed by atoms with Gasteiger partial charge < -0.3 is 15.0 Å². The molecule has 1 aromatic carbocycles. The van der Waals surface area contributed by atoms with Crippen molar-refractivity contribution in [3.05, 3.63) is 59.9 Å². The van der Waals surface area contributed by atoms with E-state index in [2.05, 4.69) is 15.2 Å². The molecule has 23 heavy (non-hydrogen) atoms. The number of nitrogens with one attached hydrogen (secondary N) is 1. The van der Waals surface area contributed by atoms with Crippen molar-refractivity contribution in [3.8, 4) is 0 Å². The van der Waals surface area contributed by atoms with Crippen molar-refractivity contribution in [2.24, 2.45) is 0 Å². The number of rotatable bonds is 4. The average Bonchev–Trinajstić information content (AvgIpc) is 2.63. The summed E-state index contributed by atoms with van der Waals surface area (Å²) >= 11 is 0. The van der Waals surface area contributed by atoms with E-state index in [4.69, 9.17) is 4.74 Å². The van der Waals surface area contributed by atoms with E-state index in [0.29, 0.717) is 5.69 Å². The van der Waals surface area contributed by atoms with Gasteiger partial charge in [-0.25, -0.2) is 4.98 Å². The van der Waals surface area contributed by atoms with Crippen LogP contribution in [0, 0.1) is 0 Å². The molecule has 3 rings (SSSR count). The molecule has 2 aromatic rings. The third-order valence-corrected chi connectivity index (χ3v) is 4.00. The maximum Gasteiger partial charge on any atom is 0.270 e. The Bertz CT molecular complexity index is 637. The number of ether oxygens (including phenoxy) is 1. The summed E-state index contributed by atoms with van der Waals surface area (Å²) in [5.74, 6) is -0.158. The Labute approximate surface area is 136 Å². The Hall–Kier alpha value is -2.40. The molecule has 0 aliphatic carbocycles. The number of benzene rings is 1. The molecule has 1 aliphatic rings. The smallest absolute Gasteiger partial charge is 0.270 e. The molecule has 1 N–H and O–H groups in total. The third-order valence-electron chi connectivity index (χ3n) is 4.00. The van der Waals surface area contributed by atoms with Crippen LogP contribution in [0.2, 0.25) is 0 Å². The first-order valence-electron chi connectivity index (χ1n) is 7.88. The van der Waals surface area contributed by atoms with Crippen molar-refractivity contribution in [1.82, 2.24) is 10.3 Å². The van der Waals surface area contributed by atoms with Gasteiger partial charge in [0.1, 0.15) is 5.69 Å². The molecule has 2 heterocycles. The van der Waals surface area contributed by atoms with Crippen molar-refractivity contribution in [1.29, 1.82) is 0 Å². The summed E-state index contributed by atoms with van der Waals surface area (Å²) < 4.78 is 5.34. The van der Waals surface area contributed by atoms with Crippen LogP contribution in [-0.2, 0) is 4.74 Å². The summed E-state index contributed by atoms with van der Waals surface area (Å²) in [6.45, 7) is 5.15. The number of amides is 1. The van der Waals surface area contributed by atoms with Crippen molar-refractivity contribution < 1.29 is 9.53 Å². The van der Waals surface area contributed by atoms with Gasteiger partial charge in [0, 0.05) is 13.1 Å². The first-order chi connectivity index (χ1) is 11.2. The lowest BCUT2D eigenvalue weighted by Crippen LogP contribution is -2.36. The molecule has 1 atom stereocenters. The standard InChI is InChI=1S/C18H21N3O2/c1-14(15-5-3-2-4-6-15)20-18(22)17-8-7-16(13-19-17)21-9-11-23-12-10-21/h2-8,13-14H,9-12H2,1H3,(H,20,22). The number of hydrogen-bond donors (Lipinski definition) is 1. The molecular weight excluding hydrogens is 290 g/mol. The van der Waals surface area contributed by atoms with E-state index in [1.54, 1.807) is 12.3 Å². The third kappa shape index (κ3) is 3.87. The summed E-state index contributed by atoms with van der Waals surface area (Å²) in [6, 6.07) is 13.6. The zero-order valence-electron chi connectivity index (χ0n) is 13.2. The second-order valence-corrected chi connectivity index (χ2v) is 5.61. The van der Waals surface area contributed by atoms with E-state index in [-0.39, 0.29) is 11.9 Å². The maximum atomic E-state index is 12.3.